The molecule has 0 aliphatic carbocycles. The molecule has 4 aromatic rings. The number of hydrogen-bond acceptors (Lipinski definition) is 6. The summed E-state index contributed by atoms with van der Waals surface area (Å²) in [6.45, 7) is 1.87. The summed E-state index contributed by atoms with van der Waals surface area (Å²) in [5, 5.41) is 6.51. The molecule has 0 unspecified atom stereocenters. The molecule has 10 heteroatoms. The standard InChI is InChI=1S/C24H18ClFN4O3S/c1-14-22(34-21(28-14)13-33-17-8-5-15(25)6-9-17)24(32)30-20-12-16(26)7-10-18(20)29-23(31)19-4-2-3-11-27-19/h2-12H,13H2,1H3,(H,29,31)(H,30,32). The van der Waals surface area contributed by atoms with E-state index >= 15 is 0 Å². The maximum absolute atomic E-state index is 13.9. The summed E-state index contributed by atoms with van der Waals surface area (Å²) in [5.74, 6) is -0.912. The SMILES string of the molecule is Cc1nc(COc2ccc(Cl)cc2)sc1C(=O)Nc1cc(F)ccc1NC(=O)c1ccccn1. The van der Waals surface area contributed by atoms with Crippen molar-refractivity contribution in [1.82, 2.24) is 9.97 Å². The van der Waals surface area contributed by atoms with Crippen molar-refractivity contribution in [2.24, 2.45) is 0 Å². The Morgan fingerprint density at radius 3 is 2.53 bits per heavy atom. The quantitative estimate of drug-likeness (QED) is 0.341. The third-order valence-electron chi connectivity index (χ3n) is 4.60. The molecule has 0 spiro atoms. The van der Waals surface area contributed by atoms with E-state index in [0.29, 0.717) is 26.4 Å². The smallest absolute Gasteiger partial charge is 0.274 e. The Bertz CT molecular complexity index is 1330. The predicted octanol–water partition coefficient (Wildman–Crippen LogP) is 5.72. The number of benzene rings is 2. The van der Waals surface area contributed by atoms with E-state index < -0.39 is 17.6 Å². The number of amides is 2. The molecule has 0 fully saturated rings. The number of anilines is 2. The van der Waals surface area contributed by atoms with E-state index in [2.05, 4.69) is 20.6 Å². The third-order valence-corrected chi connectivity index (χ3v) is 5.98. The zero-order valence-corrected chi connectivity index (χ0v) is 19.4. The molecule has 2 heterocycles. The van der Waals surface area contributed by atoms with E-state index in [1.165, 1.54) is 18.3 Å². The number of ether oxygens (including phenoxy) is 1. The fraction of sp³-hybridized carbons (Fsp3) is 0.0833. The average Bonchev–Trinajstić information content (AvgIpc) is 3.21. The highest BCUT2D eigenvalue weighted by atomic mass is 35.5. The Morgan fingerprint density at radius 1 is 1.03 bits per heavy atom. The van der Waals surface area contributed by atoms with Gasteiger partial charge in [0.1, 0.15) is 33.8 Å². The van der Waals surface area contributed by atoms with Gasteiger partial charge in [-0.15, -0.1) is 11.3 Å². The van der Waals surface area contributed by atoms with Gasteiger partial charge in [-0.2, -0.15) is 0 Å². The van der Waals surface area contributed by atoms with Crippen molar-refractivity contribution in [2.75, 3.05) is 10.6 Å². The molecule has 4 rings (SSSR count). The maximum Gasteiger partial charge on any atom is 0.274 e. The number of carbonyl (C=O) groups is 2. The number of halogens is 2. The molecule has 2 N–H and O–H groups in total. The largest absolute Gasteiger partial charge is 0.486 e. The fourth-order valence-corrected chi connectivity index (χ4v) is 3.99. The van der Waals surface area contributed by atoms with Gasteiger partial charge in [-0.25, -0.2) is 9.37 Å². The van der Waals surface area contributed by atoms with E-state index in [1.807, 2.05) is 0 Å². The van der Waals surface area contributed by atoms with E-state index in [9.17, 15) is 14.0 Å². The molecule has 0 saturated heterocycles. The Morgan fingerprint density at radius 2 is 1.79 bits per heavy atom. The predicted molar refractivity (Wildman–Crippen MR) is 129 cm³/mol. The van der Waals surface area contributed by atoms with Crippen LogP contribution in [-0.2, 0) is 6.61 Å². The van der Waals surface area contributed by atoms with E-state index in [-0.39, 0.29) is 23.7 Å². The number of aryl methyl sites for hydroxylation is 1. The minimum atomic E-state index is -0.566. The van der Waals surface area contributed by atoms with E-state index in [0.717, 1.165) is 17.4 Å². The van der Waals surface area contributed by atoms with Crippen molar-refractivity contribution in [1.29, 1.82) is 0 Å². The molecule has 2 aromatic heterocycles. The van der Waals surface area contributed by atoms with Crippen LogP contribution in [0, 0.1) is 12.7 Å². The average molecular weight is 497 g/mol. The Balaban J connectivity index is 1.47. The van der Waals surface area contributed by atoms with Crippen molar-refractivity contribution in [3.8, 4) is 5.75 Å². The molecule has 0 radical (unpaired) electrons. The third kappa shape index (κ3) is 5.75. The molecule has 0 aliphatic heterocycles. The number of rotatable bonds is 7. The molecule has 172 valence electrons. The first-order valence-corrected chi connectivity index (χ1v) is 11.3. The highest BCUT2D eigenvalue weighted by molar-refractivity contribution is 7.13. The monoisotopic (exact) mass is 496 g/mol. The Hall–Kier alpha value is -3.82. The van der Waals surface area contributed by atoms with Crippen LogP contribution in [0.25, 0.3) is 0 Å². The summed E-state index contributed by atoms with van der Waals surface area (Å²) in [4.78, 5) is 34.1. The van der Waals surface area contributed by atoms with Gasteiger partial charge < -0.3 is 15.4 Å². The van der Waals surface area contributed by atoms with E-state index in [4.69, 9.17) is 16.3 Å². The topological polar surface area (TPSA) is 93.2 Å². The molecular weight excluding hydrogens is 479 g/mol. The molecule has 2 amide bonds. The molecule has 0 aliphatic rings. The summed E-state index contributed by atoms with van der Waals surface area (Å²) in [7, 11) is 0. The Labute approximate surface area is 203 Å². The molecular formula is C24H18ClFN4O3S. The van der Waals surface area contributed by atoms with Crippen LogP contribution in [0.2, 0.25) is 5.02 Å². The van der Waals surface area contributed by atoms with Gasteiger partial charge in [-0.3, -0.25) is 14.6 Å². The van der Waals surface area contributed by atoms with Crippen LogP contribution < -0.4 is 15.4 Å². The van der Waals surface area contributed by atoms with E-state index in [1.54, 1.807) is 49.4 Å². The lowest BCUT2D eigenvalue weighted by Gasteiger charge is -2.12. The minimum absolute atomic E-state index is 0.112. The first kappa shape index (κ1) is 23.3. The Kier molecular flexibility index (Phi) is 7.15. The van der Waals surface area contributed by atoms with Crippen LogP contribution in [0.4, 0.5) is 15.8 Å². The number of carbonyl (C=O) groups excluding carboxylic acids is 2. The van der Waals surface area contributed by atoms with Crippen LogP contribution in [0.5, 0.6) is 5.75 Å². The second-order valence-corrected chi connectivity index (χ2v) is 8.60. The van der Waals surface area contributed by atoms with Crippen molar-refractivity contribution in [2.45, 2.75) is 13.5 Å². The van der Waals surface area contributed by atoms with Crippen molar-refractivity contribution >= 4 is 46.1 Å². The molecule has 0 atom stereocenters. The highest BCUT2D eigenvalue weighted by Crippen LogP contribution is 2.27. The number of nitrogens with one attached hydrogen (secondary N) is 2. The fourth-order valence-electron chi connectivity index (χ4n) is 2.99. The number of thiazole rings is 1. The van der Waals surface area contributed by atoms with Crippen LogP contribution in [-0.4, -0.2) is 21.8 Å². The zero-order valence-electron chi connectivity index (χ0n) is 17.8. The second-order valence-electron chi connectivity index (χ2n) is 7.08. The van der Waals surface area contributed by atoms with Crippen molar-refractivity contribution < 1.29 is 18.7 Å². The number of nitrogens with zero attached hydrogens (tertiary/aromatic N) is 2. The normalized spacial score (nSPS) is 10.6. The minimum Gasteiger partial charge on any atom is -0.486 e. The van der Waals surface area contributed by atoms with Crippen LogP contribution >= 0.6 is 22.9 Å². The first-order valence-electron chi connectivity index (χ1n) is 10.1. The molecule has 0 saturated carbocycles. The van der Waals surface area contributed by atoms with Gasteiger partial charge in [0, 0.05) is 11.2 Å². The summed E-state index contributed by atoms with van der Waals surface area (Å²) in [6.07, 6.45) is 1.49. The lowest BCUT2D eigenvalue weighted by atomic mass is 10.2. The molecule has 2 aromatic carbocycles. The molecule has 7 nitrogen and oxygen atoms in total. The highest BCUT2D eigenvalue weighted by Gasteiger charge is 2.19. The molecule has 0 bridgehead atoms. The summed E-state index contributed by atoms with van der Waals surface area (Å²) in [6, 6.07) is 15.5. The van der Waals surface area contributed by atoms with Gasteiger partial charge in [0.2, 0.25) is 0 Å². The lowest BCUT2D eigenvalue weighted by molar-refractivity contribution is 0.101. The summed E-state index contributed by atoms with van der Waals surface area (Å²) in [5.41, 5.74) is 1.04. The van der Waals surface area contributed by atoms with Gasteiger partial charge in [-0.1, -0.05) is 17.7 Å². The zero-order chi connectivity index (χ0) is 24.1. The number of hydrogen-bond donors (Lipinski definition) is 2. The summed E-state index contributed by atoms with van der Waals surface area (Å²) >= 11 is 7.04. The van der Waals surface area contributed by atoms with Gasteiger partial charge in [0.05, 0.1) is 17.1 Å². The van der Waals surface area contributed by atoms with Crippen LogP contribution in [0.1, 0.15) is 30.9 Å². The maximum atomic E-state index is 13.9. The van der Waals surface area contributed by atoms with Crippen LogP contribution in [0.3, 0.4) is 0 Å². The molecule has 34 heavy (non-hydrogen) atoms. The second kappa shape index (κ2) is 10.4. The van der Waals surface area contributed by atoms with Gasteiger partial charge >= 0.3 is 0 Å². The van der Waals surface area contributed by atoms with Gasteiger partial charge in [0.25, 0.3) is 11.8 Å². The number of pyridine rings is 1. The lowest BCUT2D eigenvalue weighted by Crippen LogP contribution is -2.17. The van der Waals surface area contributed by atoms with Crippen LogP contribution in [0.15, 0.2) is 66.9 Å². The number of aromatic nitrogens is 2. The van der Waals surface area contributed by atoms with Crippen molar-refractivity contribution in [3.05, 3.63) is 99.0 Å². The van der Waals surface area contributed by atoms with Gasteiger partial charge in [-0.05, 0) is 61.5 Å². The summed E-state index contributed by atoms with van der Waals surface area (Å²) < 4.78 is 19.6. The van der Waals surface area contributed by atoms with Crippen molar-refractivity contribution in [3.63, 3.8) is 0 Å². The first-order chi connectivity index (χ1) is 16.4. The van der Waals surface area contributed by atoms with Gasteiger partial charge in [0.15, 0.2) is 0 Å².